The monoisotopic (exact) mass is 252 g/mol. The molecule has 1 atom stereocenters. The summed E-state index contributed by atoms with van der Waals surface area (Å²) in [6.07, 6.45) is 1.10. The summed E-state index contributed by atoms with van der Waals surface area (Å²) < 4.78 is 19.0. The number of ether oxygens (including phenoxy) is 1. The minimum Gasteiger partial charge on any atom is -0.384 e. The molecule has 1 aromatic carbocycles. The third kappa shape index (κ3) is 4.84. The summed E-state index contributed by atoms with van der Waals surface area (Å²) in [5, 5.41) is 7.31. The summed E-state index contributed by atoms with van der Waals surface area (Å²) in [4.78, 5) is 0. The molecule has 3 N–H and O–H groups in total. The van der Waals surface area contributed by atoms with E-state index in [1.54, 1.807) is 6.07 Å². The fourth-order valence-electron chi connectivity index (χ4n) is 1.86. The summed E-state index contributed by atoms with van der Waals surface area (Å²) in [5.74, 6) is 0.0454. The first kappa shape index (κ1) is 14.6. The van der Waals surface area contributed by atoms with Gasteiger partial charge in [0.2, 0.25) is 0 Å². The van der Waals surface area contributed by atoms with Gasteiger partial charge in [0.25, 0.3) is 0 Å². The van der Waals surface area contributed by atoms with Crippen molar-refractivity contribution in [2.45, 2.75) is 39.9 Å². The summed E-state index contributed by atoms with van der Waals surface area (Å²) in [6.45, 7) is 6.61. The first-order valence-electron chi connectivity index (χ1n) is 6.14. The Bertz CT molecular complexity index is 418. The van der Waals surface area contributed by atoms with Crippen LogP contribution in [-0.2, 0) is 11.3 Å². The van der Waals surface area contributed by atoms with Gasteiger partial charge in [-0.2, -0.15) is 0 Å². The van der Waals surface area contributed by atoms with Crippen LogP contribution < -0.4 is 5.73 Å². The molecule has 0 aliphatic heterocycles. The highest BCUT2D eigenvalue weighted by atomic mass is 19.1. The average Bonchev–Trinajstić information content (AvgIpc) is 2.24. The molecule has 0 aliphatic rings. The van der Waals surface area contributed by atoms with E-state index in [0.717, 1.165) is 6.42 Å². The van der Waals surface area contributed by atoms with Crippen molar-refractivity contribution in [2.75, 3.05) is 0 Å². The van der Waals surface area contributed by atoms with Gasteiger partial charge in [0.05, 0.1) is 12.7 Å². The van der Waals surface area contributed by atoms with Crippen molar-refractivity contribution in [3.05, 3.63) is 35.1 Å². The Hall–Kier alpha value is -1.42. The van der Waals surface area contributed by atoms with Gasteiger partial charge in [-0.3, -0.25) is 5.41 Å². The highest BCUT2D eigenvalue weighted by Gasteiger charge is 2.08. The van der Waals surface area contributed by atoms with E-state index in [1.807, 2.05) is 6.92 Å². The predicted octanol–water partition coefficient (Wildman–Crippen LogP) is 3.06. The summed E-state index contributed by atoms with van der Waals surface area (Å²) in [5.41, 5.74) is 6.45. The van der Waals surface area contributed by atoms with Crippen molar-refractivity contribution in [1.82, 2.24) is 0 Å². The highest BCUT2D eigenvalue weighted by Crippen LogP contribution is 2.13. The maximum absolute atomic E-state index is 13.3. The third-order valence-electron chi connectivity index (χ3n) is 2.61. The lowest BCUT2D eigenvalue weighted by molar-refractivity contribution is 0.0396. The van der Waals surface area contributed by atoms with Gasteiger partial charge < -0.3 is 10.5 Å². The van der Waals surface area contributed by atoms with Crippen molar-refractivity contribution in [3.8, 4) is 0 Å². The minimum absolute atomic E-state index is 0.133. The molecule has 0 aromatic heterocycles. The molecule has 0 spiro atoms. The van der Waals surface area contributed by atoms with Crippen LogP contribution in [0.2, 0.25) is 0 Å². The first-order valence-corrected chi connectivity index (χ1v) is 6.14. The van der Waals surface area contributed by atoms with E-state index < -0.39 is 5.82 Å². The van der Waals surface area contributed by atoms with Crippen molar-refractivity contribution in [1.29, 1.82) is 5.41 Å². The molecule has 0 bridgehead atoms. The molecule has 100 valence electrons. The smallest absolute Gasteiger partial charge is 0.124 e. The van der Waals surface area contributed by atoms with E-state index in [0.29, 0.717) is 23.7 Å². The van der Waals surface area contributed by atoms with E-state index in [1.165, 1.54) is 12.1 Å². The number of hydrogen-bond donors (Lipinski definition) is 2. The van der Waals surface area contributed by atoms with Crippen molar-refractivity contribution in [3.63, 3.8) is 0 Å². The molecule has 0 saturated heterocycles. The maximum atomic E-state index is 13.3. The molecule has 1 unspecified atom stereocenters. The van der Waals surface area contributed by atoms with Gasteiger partial charge in [0.1, 0.15) is 11.7 Å². The Kier molecular flexibility index (Phi) is 5.28. The molecule has 0 aliphatic carbocycles. The number of benzene rings is 1. The van der Waals surface area contributed by atoms with Crippen LogP contribution >= 0.6 is 0 Å². The van der Waals surface area contributed by atoms with Crippen molar-refractivity contribution in [2.24, 2.45) is 11.7 Å². The molecule has 3 nitrogen and oxygen atoms in total. The van der Waals surface area contributed by atoms with Crippen LogP contribution in [0.3, 0.4) is 0 Å². The molecule has 0 amide bonds. The fraction of sp³-hybridized carbons (Fsp3) is 0.500. The van der Waals surface area contributed by atoms with Gasteiger partial charge in [-0.25, -0.2) is 4.39 Å². The van der Waals surface area contributed by atoms with Gasteiger partial charge in [-0.05, 0) is 43.0 Å². The number of nitrogens with one attached hydrogen (secondary N) is 1. The maximum Gasteiger partial charge on any atom is 0.124 e. The lowest BCUT2D eigenvalue weighted by atomic mass is 10.1. The Morgan fingerprint density at radius 1 is 1.33 bits per heavy atom. The van der Waals surface area contributed by atoms with Crippen LogP contribution in [0, 0.1) is 17.1 Å². The fourth-order valence-corrected chi connectivity index (χ4v) is 1.86. The molecule has 1 aromatic rings. The SMILES string of the molecule is CC(C)CC(C)OCc1cc(F)cc(C(=N)N)c1. The summed E-state index contributed by atoms with van der Waals surface area (Å²) in [6, 6.07) is 4.35. The van der Waals surface area contributed by atoms with Crippen LogP contribution in [-0.4, -0.2) is 11.9 Å². The van der Waals surface area contributed by atoms with Crippen molar-refractivity contribution < 1.29 is 9.13 Å². The number of halogens is 1. The number of nitrogen functional groups attached to an aromatic ring is 1. The first-order chi connectivity index (χ1) is 8.38. The molecule has 18 heavy (non-hydrogen) atoms. The molecule has 0 saturated carbocycles. The van der Waals surface area contributed by atoms with Gasteiger partial charge in [-0.15, -0.1) is 0 Å². The largest absolute Gasteiger partial charge is 0.384 e. The van der Waals surface area contributed by atoms with E-state index in [9.17, 15) is 4.39 Å². The van der Waals surface area contributed by atoms with Crippen LogP contribution in [0.15, 0.2) is 18.2 Å². The van der Waals surface area contributed by atoms with Crippen LogP contribution in [0.5, 0.6) is 0 Å². The van der Waals surface area contributed by atoms with Gasteiger partial charge in [0, 0.05) is 5.56 Å². The molecule has 0 heterocycles. The molecule has 0 fully saturated rings. The second-order valence-corrected chi connectivity index (χ2v) is 5.01. The lowest BCUT2D eigenvalue weighted by Gasteiger charge is -2.15. The summed E-state index contributed by atoms with van der Waals surface area (Å²) in [7, 11) is 0. The second kappa shape index (κ2) is 6.50. The molecular formula is C14H21FN2O. The minimum atomic E-state index is -0.391. The van der Waals surface area contributed by atoms with E-state index in [4.69, 9.17) is 15.9 Å². The second-order valence-electron chi connectivity index (χ2n) is 5.01. The Balaban J connectivity index is 2.64. The normalized spacial score (nSPS) is 12.7. The van der Waals surface area contributed by atoms with Crippen LogP contribution in [0.4, 0.5) is 4.39 Å². The zero-order valence-electron chi connectivity index (χ0n) is 11.2. The number of amidine groups is 1. The number of rotatable bonds is 6. The zero-order valence-corrected chi connectivity index (χ0v) is 11.2. The Labute approximate surface area is 108 Å². The van der Waals surface area contributed by atoms with Crippen LogP contribution in [0.1, 0.15) is 38.3 Å². The average molecular weight is 252 g/mol. The van der Waals surface area contributed by atoms with Crippen molar-refractivity contribution >= 4 is 5.84 Å². The van der Waals surface area contributed by atoms with Gasteiger partial charge >= 0.3 is 0 Å². The van der Waals surface area contributed by atoms with Gasteiger partial charge in [0.15, 0.2) is 0 Å². The summed E-state index contributed by atoms with van der Waals surface area (Å²) >= 11 is 0. The Morgan fingerprint density at radius 2 is 2.00 bits per heavy atom. The lowest BCUT2D eigenvalue weighted by Crippen LogP contribution is -2.13. The zero-order chi connectivity index (χ0) is 13.7. The van der Waals surface area contributed by atoms with E-state index in [-0.39, 0.29) is 11.9 Å². The van der Waals surface area contributed by atoms with E-state index in [2.05, 4.69) is 13.8 Å². The topological polar surface area (TPSA) is 59.1 Å². The van der Waals surface area contributed by atoms with Gasteiger partial charge in [-0.1, -0.05) is 13.8 Å². The Morgan fingerprint density at radius 3 is 2.56 bits per heavy atom. The highest BCUT2D eigenvalue weighted by molar-refractivity contribution is 5.95. The quantitative estimate of drug-likeness (QED) is 0.604. The standard InChI is InChI=1S/C14H21FN2O/c1-9(2)4-10(3)18-8-11-5-12(14(16)17)7-13(15)6-11/h5-7,9-10H,4,8H2,1-3H3,(H3,16,17). The predicted molar refractivity (Wildman–Crippen MR) is 71.1 cm³/mol. The molecular weight excluding hydrogens is 231 g/mol. The number of nitrogens with two attached hydrogens (primary N) is 1. The molecule has 1 rings (SSSR count). The molecule has 0 radical (unpaired) electrons. The number of hydrogen-bond acceptors (Lipinski definition) is 2. The van der Waals surface area contributed by atoms with Crippen LogP contribution in [0.25, 0.3) is 0 Å². The third-order valence-corrected chi connectivity index (χ3v) is 2.61. The van der Waals surface area contributed by atoms with E-state index >= 15 is 0 Å². The molecule has 4 heteroatoms.